The lowest BCUT2D eigenvalue weighted by Crippen LogP contribution is -2.66. The van der Waals surface area contributed by atoms with Gasteiger partial charge in [0.05, 0.1) is 11.5 Å². The average molecular weight is 841 g/mol. The predicted molar refractivity (Wildman–Crippen MR) is 237 cm³/mol. The van der Waals surface area contributed by atoms with Gasteiger partial charge in [-0.15, -0.1) is 0 Å². The SMILES string of the molecule is C=C(C)[C@@H]1CC[C@]2(CNCCN3CCS(=O)(=O)CC3)CC[C@]3(C)[C@H](CC[C@@H]4[C@@]5(C)CC=C(C6=CCC(COc7cccc(C#N)n7)(C(=O)O)CC6)C(C)(C)[C@@H]5CC[C@]43C)[C@@H]12. The lowest BCUT2D eigenvalue weighted by atomic mass is 9.32. The summed E-state index contributed by atoms with van der Waals surface area (Å²) in [5, 5.41) is 23.7. The summed E-state index contributed by atoms with van der Waals surface area (Å²) in [6.07, 6.45) is 17.7. The Morgan fingerprint density at radius 3 is 2.43 bits per heavy atom. The normalized spacial score (nSPS) is 40.6. The van der Waals surface area contributed by atoms with Crippen molar-refractivity contribution in [1.82, 2.24) is 15.2 Å². The number of ether oxygens (including phenoxy) is 1. The van der Waals surface area contributed by atoms with Crippen molar-refractivity contribution in [3.63, 3.8) is 0 Å². The van der Waals surface area contributed by atoms with E-state index in [2.05, 4.69) is 75.5 Å². The summed E-state index contributed by atoms with van der Waals surface area (Å²) in [5.41, 5.74) is 4.35. The number of nitriles is 1. The molecule has 7 aliphatic rings. The molecular weight excluding hydrogens is 769 g/mol. The van der Waals surface area contributed by atoms with E-state index in [1.807, 2.05) is 6.07 Å². The van der Waals surface area contributed by atoms with Crippen molar-refractivity contribution in [3.05, 3.63) is 59.3 Å². The Kier molecular flexibility index (Phi) is 11.4. The molecule has 6 aliphatic carbocycles. The molecule has 5 fully saturated rings. The third kappa shape index (κ3) is 7.13. The van der Waals surface area contributed by atoms with Crippen LogP contribution in [0.5, 0.6) is 5.88 Å². The first-order valence-electron chi connectivity index (χ1n) is 23.3. The number of nitrogens with zero attached hydrogens (tertiary/aromatic N) is 3. The molecular formula is C50H72N4O5S. The van der Waals surface area contributed by atoms with E-state index in [4.69, 9.17) is 4.74 Å². The fourth-order valence-electron chi connectivity index (χ4n) is 15.6. The van der Waals surface area contributed by atoms with Crippen molar-refractivity contribution in [2.45, 2.75) is 119 Å². The Labute approximate surface area is 360 Å². The fraction of sp³-hybridized carbons (Fsp3) is 0.740. The first-order valence-corrected chi connectivity index (χ1v) is 25.1. The van der Waals surface area contributed by atoms with Crippen LogP contribution in [0.1, 0.15) is 124 Å². The van der Waals surface area contributed by atoms with E-state index in [1.54, 1.807) is 18.2 Å². The molecule has 1 aromatic rings. The van der Waals surface area contributed by atoms with Crippen molar-refractivity contribution >= 4 is 15.8 Å². The third-order valence-electron chi connectivity index (χ3n) is 19.1. The number of fused-ring (bicyclic) bond motifs is 7. The maximum absolute atomic E-state index is 12.8. The minimum atomic E-state index is -2.86. The summed E-state index contributed by atoms with van der Waals surface area (Å²) in [4.78, 5) is 19.3. The minimum Gasteiger partial charge on any atom is -0.481 e. The van der Waals surface area contributed by atoms with Crippen LogP contribution in [0.15, 0.2) is 53.6 Å². The van der Waals surface area contributed by atoms with Crippen LogP contribution in [0.2, 0.25) is 0 Å². The first-order chi connectivity index (χ1) is 28.3. The molecule has 1 aromatic heterocycles. The van der Waals surface area contributed by atoms with Crippen LogP contribution in [0.4, 0.5) is 0 Å². The van der Waals surface area contributed by atoms with Crippen LogP contribution in [0.25, 0.3) is 0 Å². The molecule has 2 N–H and O–H groups in total. The van der Waals surface area contributed by atoms with Crippen LogP contribution in [-0.2, 0) is 14.6 Å². The lowest BCUT2D eigenvalue weighted by Gasteiger charge is -2.72. The van der Waals surface area contributed by atoms with Gasteiger partial charge >= 0.3 is 5.97 Å². The van der Waals surface area contributed by atoms with Crippen molar-refractivity contribution < 1.29 is 23.1 Å². The van der Waals surface area contributed by atoms with Gasteiger partial charge in [-0.2, -0.15) is 5.26 Å². The van der Waals surface area contributed by atoms with Gasteiger partial charge in [0.25, 0.3) is 0 Å². The molecule has 0 bridgehead atoms. The van der Waals surface area contributed by atoms with Gasteiger partial charge in [-0.05, 0) is 158 Å². The molecule has 0 aromatic carbocycles. The van der Waals surface area contributed by atoms with Gasteiger partial charge in [0, 0.05) is 38.8 Å². The maximum atomic E-state index is 12.8. The van der Waals surface area contributed by atoms with E-state index < -0.39 is 21.2 Å². The van der Waals surface area contributed by atoms with E-state index >= 15 is 0 Å². The minimum absolute atomic E-state index is 0.0222. The van der Waals surface area contributed by atoms with E-state index in [0.29, 0.717) is 78.9 Å². The molecule has 9 nitrogen and oxygen atoms in total. The van der Waals surface area contributed by atoms with Gasteiger partial charge in [-0.25, -0.2) is 13.4 Å². The number of hydrogen-bond donors (Lipinski definition) is 2. The highest BCUT2D eigenvalue weighted by molar-refractivity contribution is 7.91. The molecule has 1 saturated heterocycles. The molecule has 60 heavy (non-hydrogen) atoms. The summed E-state index contributed by atoms with van der Waals surface area (Å²) < 4.78 is 29.9. The number of carbonyl (C=O) groups is 1. The van der Waals surface area contributed by atoms with Gasteiger partial charge in [-0.3, -0.25) is 4.79 Å². The number of rotatable bonds is 11. The molecule has 4 saturated carbocycles. The van der Waals surface area contributed by atoms with Crippen molar-refractivity contribution in [2.24, 2.45) is 62.1 Å². The quantitative estimate of drug-likeness (QED) is 0.166. The van der Waals surface area contributed by atoms with Crippen LogP contribution >= 0.6 is 0 Å². The lowest BCUT2D eigenvalue weighted by molar-refractivity contribution is -0.226. The number of sulfone groups is 1. The Morgan fingerprint density at radius 2 is 1.75 bits per heavy atom. The second kappa shape index (κ2) is 15.7. The summed E-state index contributed by atoms with van der Waals surface area (Å²) in [7, 11) is -2.86. The molecule has 10 heteroatoms. The van der Waals surface area contributed by atoms with Crippen LogP contribution < -0.4 is 10.1 Å². The molecule has 328 valence electrons. The second-order valence-corrected chi connectivity index (χ2v) is 24.3. The molecule has 1 unspecified atom stereocenters. The Morgan fingerprint density at radius 1 is 0.983 bits per heavy atom. The third-order valence-corrected chi connectivity index (χ3v) is 20.7. The monoisotopic (exact) mass is 841 g/mol. The van der Waals surface area contributed by atoms with Crippen LogP contribution in [-0.4, -0.2) is 80.2 Å². The summed E-state index contributed by atoms with van der Waals surface area (Å²) >= 11 is 0. The number of aliphatic carboxylic acids is 1. The first kappa shape index (κ1) is 43.6. The fourth-order valence-corrected chi connectivity index (χ4v) is 16.9. The van der Waals surface area contributed by atoms with Gasteiger partial charge in [0.15, 0.2) is 9.84 Å². The number of carboxylic acids is 1. The molecule has 0 radical (unpaired) electrons. The highest BCUT2D eigenvalue weighted by atomic mass is 32.2. The van der Waals surface area contributed by atoms with E-state index in [9.17, 15) is 23.6 Å². The zero-order valence-electron chi connectivity index (χ0n) is 37.5. The number of pyridine rings is 1. The zero-order valence-corrected chi connectivity index (χ0v) is 38.3. The van der Waals surface area contributed by atoms with E-state index in [-0.39, 0.29) is 39.8 Å². The van der Waals surface area contributed by atoms with Crippen molar-refractivity contribution in [1.29, 1.82) is 5.26 Å². The predicted octanol–water partition coefficient (Wildman–Crippen LogP) is 9.03. The van der Waals surface area contributed by atoms with Gasteiger partial charge < -0.3 is 20.1 Å². The van der Waals surface area contributed by atoms with E-state index in [0.717, 1.165) is 26.1 Å². The maximum Gasteiger partial charge on any atom is 0.313 e. The second-order valence-electron chi connectivity index (χ2n) is 22.0. The molecule has 8 rings (SSSR count). The molecule has 0 spiro atoms. The number of nitrogens with one attached hydrogen (secondary N) is 1. The van der Waals surface area contributed by atoms with E-state index in [1.165, 1.54) is 68.1 Å². The zero-order chi connectivity index (χ0) is 42.9. The van der Waals surface area contributed by atoms with Gasteiger partial charge in [0.1, 0.15) is 23.8 Å². The summed E-state index contributed by atoms with van der Waals surface area (Å²) in [6.45, 7) is 24.2. The number of carboxylic acid groups (broad SMARTS) is 1. The van der Waals surface area contributed by atoms with Gasteiger partial charge in [0.2, 0.25) is 5.88 Å². The summed E-state index contributed by atoms with van der Waals surface area (Å²) in [5.74, 6) is 3.15. The number of allylic oxidation sites excluding steroid dienone is 5. The number of aromatic nitrogens is 1. The summed E-state index contributed by atoms with van der Waals surface area (Å²) in [6, 6.07) is 7.04. The molecule has 10 atom stereocenters. The molecule has 1 aliphatic heterocycles. The van der Waals surface area contributed by atoms with Crippen LogP contribution in [0, 0.1) is 73.4 Å². The average Bonchev–Trinajstić information content (AvgIpc) is 3.60. The standard InChI is InChI=1S/C50H72N4O5S/c1-34(2)37-15-22-49(32-52-25-26-54-27-29-60(57,58)30-28-54)24-23-47(6)39(43(37)49)11-12-41-46(5)18-16-38(45(3,4)40(46)17-19-48(41,47)7)35-13-20-50(21-14-35,44(55)56)33-59-42-10-8-9-36(31-51)53-42/h8-10,13,16,37,39-41,43,52H,1,11-12,14-15,17-30,32-33H2,2-7H3,(H,55,56)/t37-,39+,40-,41+,43+,46-,47+,48+,49+,50?/m0/s1. The smallest absolute Gasteiger partial charge is 0.313 e. The highest BCUT2D eigenvalue weighted by Crippen LogP contribution is 2.77. The largest absolute Gasteiger partial charge is 0.481 e. The molecule has 0 amide bonds. The number of hydrogen-bond acceptors (Lipinski definition) is 8. The van der Waals surface area contributed by atoms with Crippen molar-refractivity contribution in [2.75, 3.05) is 50.8 Å². The van der Waals surface area contributed by atoms with Crippen LogP contribution in [0.3, 0.4) is 0 Å². The highest BCUT2D eigenvalue weighted by Gasteiger charge is 2.70. The van der Waals surface area contributed by atoms with Gasteiger partial charge in [-0.1, -0.05) is 65.0 Å². The Hall–Kier alpha value is -3.00. The van der Waals surface area contributed by atoms with Crippen molar-refractivity contribution in [3.8, 4) is 11.9 Å². The molecule has 2 heterocycles. The Bertz CT molecular complexity index is 2080. The topological polar surface area (TPSA) is 133 Å². The Balaban J connectivity index is 0.988.